The molecule has 0 amide bonds. The fourth-order valence-electron chi connectivity index (χ4n) is 1.64. The second-order valence-electron chi connectivity index (χ2n) is 3.38. The fraction of sp³-hybridized carbons (Fsp3) is 1.00. The monoisotopic (exact) mass is 174 g/mol. The predicted molar refractivity (Wildman–Crippen MR) is 45.9 cm³/mol. The van der Waals surface area contributed by atoms with E-state index in [0.717, 1.165) is 32.5 Å². The van der Waals surface area contributed by atoms with Crippen LogP contribution in [0.4, 0.5) is 0 Å². The molecule has 1 aliphatic rings. The SMILES string of the molecule is OCCCC(O)C1CCOCC1. The van der Waals surface area contributed by atoms with Gasteiger partial charge in [0.05, 0.1) is 6.10 Å². The molecule has 0 aromatic heterocycles. The Morgan fingerprint density at radius 2 is 2.00 bits per heavy atom. The lowest BCUT2D eigenvalue weighted by molar-refractivity contribution is 0.00282. The van der Waals surface area contributed by atoms with Gasteiger partial charge in [-0.1, -0.05) is 0 Å². The van der Waals surface area contributed by atoms with Gasteiger partial charge < -0.3 is 14.9 Å². The summed E-state index contributed by atoms with van der Waals surface area (Å²) in [7, 11) is 0. The molecule has 0 aromatic rings. The summed E-state index contributed by atoms with van der Waals surface area (Å²) in [6.45, 7) is 1.74. The molecule has 0 radical (unpaired) electrons. The van der Waals surface area contributed by atoms with Crippen LogP contribution in [0.5, 0.6) is 0 Å². The van der Waals surface area contributed by atoms with Crippen LogP contribution in [0, 0.1) is 5.92 Å². The highest BCUT2D eigenvalue weighted by molar-refractivity contribution is 4.71. The minimum absolute atomic E-state index is 0.181. The fourth-order valence-corrected chi connectivity index (χ4v) is 1.64. The molecule has 1 saturated heterocycles. The zero-order chi connectivity index (χ0) is 8.81. The first-order chi connectivity index (χ1) is 5.84. The van der Waals surface area contributed by atoms with Crippen molar-refractivity contribution in [3.8, 4) is 0 Å². The molecule has 0 spiro atoms. The van der Waals surface area contributed by atoms with Crippen molar-refractivity contribution < 1.29 is 14.9 Å². The number of aliphatic hydroxyl groups is 2. The van der Waals surface area contributed by atoms with E-state index < -0.39 is 0 Å². The lowest BCUT2D eigenvalue weighted by atomic mass is 9.91. The molecule has 0 bridgehead atoms. The largest absolute Gasteiger partial charge is 0.396 e. The normalized spacial score (nSPS) is 22.5. The summed E-state index contributed by atoms with van der Waals surface area (Å²) in [5.41, 5.74) is 0. The van der Waals surface area contributed by atoms with Gasteiger partial charge in [-0.25, -0.2) is 0 Å². The van der Waals surface area contributed by atoms with Crippen molar-refractivity contribution in [1.82, 2.24) is 0 Å². The van der Waals surface area contributed by atoms with Crippen LogP contribution in [0.1, 0.15) is 25.7 Å². The Bertz CT molecular complexity index is 110. The highest BCUT2D eigenvalue weighted by Gasteiger charge is 2.21. The molecule has 1 rings (SSSR count). The quantitative estimate of drug-likeness (QED) is 0.654. The summed E-state index contributed by atoms with van der Waals surface area (Å²) in [6, 6.07) is 0. The topological polar surface area (TPSA) is 49.7 Å². The predicted octanol–water partition coefficient (Wildman–Crippen LogP) is 0.546. The summed E-state index contributed by atoms with van der Waals surface area (Å²) in [5.74, 6) is 0.394. The van der Waals surface area contributed by atoms with Gasteiger partial charge in [0, 0.05) is 19.8 Å². The third-order valence-electron chi connectivity index (χ3n) is 2.47. The second-order valence-corrected chi connectivity index (χ2v) is 3.38. The van der Waals surface area contributed by atoms with Crippen LogP contribution in [0.3, 0.4) is 0 Å². The summed E-state index contributed by atoms with van der Waals surface area (Å²) < 4.78 is 5.19. The first-order valence-electron chi connectivity index (χ1n) is 4.71. The number of rotatable bonds is 4. The Morgan fingerprint density at radius 3 is 2.58 bits per heavy atom. The maximum Gasteiger partial charge on any atom is 0.0570 e. The lowest BCUT2D eigenvalue weighted by Crippen LogP contribution is -2.27. The van der Waals surface area contributed by atoms with Gasteiger partial charge in [-0.15, -0.1) is 0 Å². The standard InChI is InChI=1S/C9H18O3/c10-5-1-2-9(11)8-3-6-12-7-4-8/h8-11H,1-7H2. The summed E-state index contributed by atoms with van der Waals surface area (Å²) in [6.07, 6.45) is 3.12. The van der Waals surface area contributed by atoms with Gasteiger partial charge in [0.2, 0.25) is 0 Å². The zero-order valence-electron chi connectivity index (χ0n) is 7.41. The Hall–Kier alpha value is -0.120. The van der Waals surface area contributed by atoms with Crippen LogP contribution in [0.2, 0.25) is 0 Å². The highest BCUT2D eigenvalue weighted by Crippen LogP contribution is 2.21. The summed E-state index contributed by atoms with van der Waals surface area (Å²) in [4.78, 5) is 0. The highest BCUT2D eigenvalue weighted by atomic mass is 16.5. The van der Waals surface area contributed by atoms with Crippen molar-refractivity contribution in [2.75, 3.05) is 19.8 Å². The van der Waals surface area contributed by atoms with E-state index in [-0.39, 0.29) is 12.7 Å². The smallest absolute Gasteiger partial charge is 0.0570 e. The van der Waals surface area contributed by atoms with Crippen LogP contribution >= 0.6 is 0 Å². The third-order valence-corrected chi connectivity index (χ3v) is 2.47. The van der Waals surface area contributed by atoms with Crippen LogP contribution in [-0.2, 0) is 4.74 Å². The number of aliphatic hydroxyl groups excluding tert-OH is 2. The van der Waals surface area contributed by atoms with Crippen LogP contribution < -0.4 is 0 Å². The molecule has 1 atom stereocenters. The second kappa shape index (κ2) is 5.51. The number of hydrogen-bond donors (Lipinski definition) is 2. The maximum atomic E-state index is 9.64. The lowest BCUT2D eigenvalue weighted by Gasteiger charge is -2.26. The van der Waals surface area contributed by atoms with Gasteiger partial charge in [-0.3, -0.25) is 0 Å². The van der Waals surface area contributed by atoms with Crippen molar-refractivity contribution in [2.24, 2.45) is 5.92 Å². The zero-order valence-corrected chi connectivity index (χ0v) is 7.41. The van der Waals surface area contributed by atoms with E-state index in [1.807, 2.05) is 0 Å². The average molecular weight is 174 g/mol. The van der Waals surface area contributed by atoms with Gasteiger partial charge in [0.25, 0.3) is 0 Å². The molecule has 1 unspecified atom stereocenters. The van der Waals surface area contributed by atoms with E-state index >= 15 is 0 Å². The van der Waals surface area contributed by atoms with E-state index in [4.69, 9.17) is 9.84 Å². The molecule has 72 valence electrons. The molecule has 0 saturated carbocycles. The molecule has 1 heterocycles. The molecule has 3 nitrogen and oxygen atoms in total. The molecule has 1 fully saturated rings. The Balaban J connectivity index is 2.15. The third kappa shape index (κ3) is 3.09. The number of hydrogen-bond acceptors (Lipinski definition) is 3. The van der Waals surface area contributed by atoms with Crippen molar-refractivity contribution in [3.63, 3.8) is 0 Å². The van der Waals surface area contributed by atoms with E-state index in [0.29, 0.717) is 12.3 Å². The minimum Gasteiger partial charge on any atom is -0.396 e. The van der Waals surface area contributed by atoms with Crippen molar-refractivity contribution in [2.45, 2.75) is 31.8 Å². The summed E-state index contributed by atoms with van der Waals surface area (Å²) >= 11 is 0. The van der Waals surface area contributed by atoms with Crippen LogP contribution in [0.15, 0.2) is 0 Å². The Morgan fingerprint density at radius 1 is 1.33 bits per heavy atom. The molecule has 3 heteroatoms. The average Bonchev–Trinajstić information content (AvgIpc) is 2.15. The first-order valence-corrected chi connectivity index (χ1v) is 4.71. The Kier molecular flexibility index (Phi) is 4.58. The van der Waals surface area contributed by atoms with Gasteiger partial charge in [-0.2, -0.15) is 0 Å². The van der Waals surface area contributed by atoms with Crippen LogP contribution in [0.25, 0.3) is 0 Å². The molecule has 2 N–H and O–H groups in total. The van der Waals surface area contributed by atoms with Crippen molar-refractivity contribution >= 4 is 0 Å². The Labute approximate surface area is 73.4 Å². The molecule has 12 heavy (non-hydrogen) atoms. The first kappa shape index (κ1) is 9.96. The van der Waals surface area contributed by atoms with E-state index in [9.17, 15) is 5.11 Å². The van der Waals surface area contributed by atoms with Gasteiger partial charge in [0.1, 0.15) is 0 Å². The molecular formula is C9H18O3. The minimum atomic E-state index is -0.235. The van der Waals surface area contributed by atoms with Gasteiger partial charge in [-0.05, 0) is 31.6 Å². The molecule has 0 aliphatic carbocycles. The van der Waals surface area contributed by atoms with E-state index in [1.165, 1.54) is 0 Å². The van der Waals surface area contributed by atoms with Crippen molar-refractivity contribution in [1.29, 1.82) is 0 Å². The van der Waals surface area contributed by atoms with Crippen LogP contribution in [-0.4, -0.2) is 36.1 Å². The van der Waals surface area contributed by atoms with Gasteiger partial charge in [0.15, 0.2) is 0 Å². The van der Waals surface area contributed by atoms with Gasteiger partial charge >= 0.3 is 0 Å². The molecule has 0 aromatic carbocycles. The summed E-state index contributed by atoms with van der Waals surface area (Å²) in [5, 5.41) is 18.2. The van der Waals surface area contributed by atoms with Crippen molar-refractivity contribution in [3.05, 3.63) is 0 Å². The maximum absolute atomic E-state index is 9.64. The van der Waals surface area contributed by atoms with E-state index in [2.05, 4.69) is 0 Å². The number of ether oxygens (including phenoxy) is 1. The van der Waals surface area contributed by atoms with E-state index in [1.54, 1.807) is 0 Å². The molecular weight excluding hydrogens is 156 g/mol. The molecule has 1 aliphatic heterocycles.